The SMILES string of the molecule is COc1cccc2c1C(=O)c1c(O)c3c(c(O)c1C2=O)C[C@@](O)(C(=O)CO)C[C@@H]3O[C@H]1C[C@@H](N)[C@H](O[C@@H]2CCCCO2)[C@H](C)O1. The number of carbonyl (C=O) groups excluding carboxylic acids is 3. The number of aliphatic hydroxyl groups excluding tert-OH is 1. The van der Waals surface area contributed by atoms with E-state index in [2.05, 4.69) is 0 Å². The number of aromatic hydroxyl groups is 2. The van der Waals surface area contributed by atoms with Crippen LogP contribution in [0.3, 0.4) is 0 Å². The van der Waals surface area contributed by atoms with Crippen LogP contribution in [0.1, 0.15) is 88.1 Å². The van der Waals surface area contributed by atoms with E-state index >= 15 is 0 Å². The molecule has 2 aliphatic carbocycles. The third-order valence-electron chi connectivity index (χ3n) is 9.22. The number of hydrogen-bond acceptors (Lipinski definition) is 13. The van der Waals surface area contributed by atoms with Crippen molar-refractivity contribution in [3.05, 3.63) is 51.6 Å². The lowest BCUT2D eigenvalue weighted by Gasteiger charge is -2.43. The Labute approximate surface area is 258 Å². The number of fused-ring (bicyclic) bond motifs is 3. The van der Waals surface area contributed by atoms with Crippen LogP contribution in [-0.4, -0.2) is 94.5 Å². The normalized spacial score (nSPS) is 31.1. The highest BCUT2D eigenvalue weighted by Gasteiger charge is 2.50. The zero-order valence-corrected chi connectivity index (χ0v) is 25.0. The monoisotopic (exact) mass is 627 g/mol. The van der Waals surface area contributed by atoms with Gasteiger partial charge in [-0.3, -0.25) is 14.4 Å². The molecule has 2 aromatic rings. The molecule has 0 aromatic heterocycles. The molecule has 0 amide bonds. The van der Waals surface area contributed by atoms with Gasteiger partial charge in [0, 0.05) is 48.6 Å². The third-order valence-corrected chi connectivity index (χ3v) is 9.22. The van der Waals surface area contributed by atoms with E-state index in [4.69, 9.17) is 29.4 Å². The minimum atomic E-state index is -2.24. The number of Topliss-reactive ketones (excluding diaryl/α,β-unsaturated/α-hetero) is 1. The van der Waals surface area contributed by atoms with Crippen LogP contribution < -0.4 is 10.5 Å². The van der Waals surface area contributed by atoms with E-state index in [0.717, 1.165) is 19.3 Å². The second-order valence-electron chi connectivity index (χ2n) is 12.1. The molecule has 45 heavy (non-hydrogen) atoms. The van der Waals surface area contributed by atoms with E-state index in [9.17, 15) is 34.8 Å². The number of phenolic OH excluding ortho intramolecular Hbond substituents is 2. The van der Waals surface area contributed by atoms with Crippen LogP contribution in [-0.2, 0) is 30.2 Å². The molecule has 7 atom stereocenters. The Kier molecular flexibility index (Phi) is 8.46. The van der Waals surface area contributed by atoms with Crippen molar-refractivity contribution in [1.29, 1.82) is 0 Å². The Morgan fingerprint density at radius 1 is 1.07 bits per heavy atom. The molecule has 6 N–H and O–H groups in total. The van der Waals surface area contributed by atoms with Crippen LogP contribution in [0.5, 0.6) is 17.2 Å². The number of ketones is 3. The van der Waals surface area contributed by atoms with Crippen LogP contribution >= 0.6 is 0 Å². The first-order chi connectivity index (χ1) is 21.5. The van der Waals surface area contributed by atoms with Gasteiger partial charge < -0.3 is 49.8 Å². The molecule has 2 aromatic carbocycles. The van der Waals surface area contributed by atoms with E-state index in [-0.39, 0.29) is 34.4 Å². The van der Waals surface area contributed by atoms with Crippen LogP contribution in [0.15, 0.2) is 18.2 Å². The maximum Gasteiger partial charge on any atom is 0.202 e. The number of methoxy groups -OCH3 is 1. The van der Waals surface area contributed by atoms with Gasteiger partial charge in [-0.15, -0.1) is 0 Å². The molecular formula is C32H37NO12. The average molecular weight is 628 g/mol. The minimum absolute atomic E-state index is 0.0409. The topological polar surface area (TPSA) is 204 Å². The van der Waals surface area contributed by atoms with E-state index in [1.807, 2.05) is 0 Å². The van der Waals surface area contributed by atoms with Gasteiger partial charge in [0.25, 0.3) is 0 Å². The highest BCUT2D eigenvalue weighted by atomic mass is 16.7. The Morgan fingerprint density at radius 3 is 2.49 bits per heavy atom. The van der Waals surface area contributed by atoms with Gasteiger partial charge in [-0.25, -0.2) is 0 Å². The van der Waals surface area contributed by atoms with E-state index in [0.29, 0.717) is 6.61 Å². The zero-order valence-electron chi connectivity index (χ0n) is 25.0. The lowest BCUT2D eigenvalue weighted by molar-refractivity contribution is -0.281. The summed E-state index contributed by atoms with van der Waals surface area (Å²) in [6.45, 7) is 1.35. The Morgan fingerprint density at radius 2 is 1.82 bits per heavy atom. The molecule has 242 valence electrons. The van der Waals surface area contributed by atoms with Crippen LogP contribution in [0, 0.1) is 0 Å². The quantitative estimate of drug-likeness (QED) is 0.236. The second kappa shape index (κ2) is 12.1. The summed E-state index contributed by atoms with van der Waals surface area (Å²) in [5.41, 5.74) is 2.98. The maximum atomic E-state index is 13.8. The van der Waals surface area contributed by atoms with Gasteiger partial charge in [-0.2, -0.15) is 0 Å². The highest BCUT2D eigenvalue weighted by Crippen LogP contribution is 2.52. The predicted octanol–water partition coefficient (Wildman–Crippen LogP) is 1.55. The third kappa shape index (κ3) is 5.31. The van der Waals surface area contributed by atoms with E-state index in [1.165, 1.54) is 25.3 Å². The molecule has 2 fully saturated rings. The van der Waals surface area contributed by atoms with Crippen LogP contribution in [0.2, 0.25) is 0 Å². The van der Waals surface area contributed by atoms with E-state index < -0.39 is 102 Å². The van der Waals surface area contributed by atoms with Crippen LogP contribution in [0.25, 0.3) is 0 Å². The summed E-state index contributed by atoms with van der Waals surface area (Å²) in [5, 5.41) is 44.2. The molecular weight excluding hydrogens is 590 g/mol. The van der Waals surface area contributed by atoms with Gasteiger partial charge in [0.15, 0.2) is 24.1 Å². The molecule has 0 bridgehead atoms. The van der Waals surface area contributed by atoms with Crippen molar-refractivity contribution >= 4 is 17.3 Å². The Balaban J connectivity index is 1.38. The molecule has 2 aliphatic heterocycles. The fourth-order valence-corrected chi connectivity index (χ4v) is 6.95. The summed E-state index contributed by atoms with van der Waals surface area (Å²) < 4.78 is 29.5. The lowest BCUT2D eigenvalue weighted by atomic mass is 9.72. The van der Waals surface area contributed by atoms with Crippen molar-refractivity contribution in [3.63, 3.8) is 0 Å². The van der Waals surface area contributed by atoms with Crippen molar-refractivity contribution in [2.45, 2.75) is 88.0 Å². The van der Waals surface area contributed by atoms with Gasteiger partial charge in [0.1, 0.15) is 35.6 Å². The molecule has 2 heterocycles. The standard InChI is InChI=1S/C32H37NO12/c1-14-31(45-21-8-3-4-9-42-21)17(33)10-22(43-14)44-19-12-32(40,20(35)13-34)11-16-24(19)30(39)26-25(28(16)37)27(36)15-6-5-7-18(41-2)23(15)29(26)38/h5-7,14,17,19,21-22,31,34,37,39-40H,3-4,8-13,33H2,1-2H3/t14-,17+,19-,21+,22-,31+,32-/m0/s1. The highest BCUT2D eigenvalue weighted by molar-refractivity contribution is 6.31. The largest absolute Gasteiger partial charge is 0.507 e. The molecule has 0 unspecified atom stereocenters. The summed E-state index contributed by atoms with van der Waals surface area (Å²) in [4.78, 5) is 40.2. The van der Waals surface area contributed by atoms with Gasteiger partial charge >= 0.3 is 0 Å². The fraction of sp³-hybridized carbons (Fsp3) is 0.531. The average Bonchev–Trinajstić information content (AvgIpc) is 3.02. The first-order valence-corrected chi connectivity index (χ1v) is 15.1. The van der Waals surface area contributed by atoms with Crippen molar-refractivity contribution in [1.82, 2.24) is 0 Å². The first kappa shape index (κ1) is 31.5. The summed E-state index contributed by atoms with van der Waals surface area (Å²) in [5.74, 6) is -3.67. The van der Waals surface area contributed by atoms with Gasteiger partial charge in [0.2, 0.25) is 5.78 Å². The Hall–Kier alpha value is -3.43. The molecule has 2 saturated heterocycles. The number of phenols is 2. The number of ether oxygens (including phenoxy) is 5. The smallest absolute Gasteiger partial charge is 0.202 e. The minimum Gasteiger partial charge on any atom is -0.507 e. The number of hydrogen-bond donors (Lipinski definition) is 5. The maximum absolute atomic E-state index is 13.8. The van der Waals surface area contributed by atoms with Crippen molar-refractivity contribution in [2.24, 2.45) is 5.73 Å². The summed E-state index contributed by atoms with van der Waals surface area (Å²) in [6.07, 6.45) is -2.03. The molecule has 6 rings (SSSR count). The molecule has 0 spiro atoms. The van der Waals surface area contributed by atoms with Crippen molar-refractivity contribution in [3.8, 4) is 17.2 Å². The second-order valence-corrected chi connectivity index (χ2v) is 12.1. The van der Waals surface area contributed by atoms with Gasteiger partial charge in [-0.1, -0.05) is 12.1 Å². The molecule has 0 saturated carbocycles. The molecule has 0 radical (unpaired) electrons. The number of aliphatic hydroxyl groups is 2. The van der Waals surface area contributed by atoms with Gasteiger partial charge in [0.05, 0.1) is 36.0 Å². The molecule has 4 aliphatic rings. The summed E-state index contributed by atoms with van der Waals surface area (Å²) in [7, 11) is 1.34. The number of benzene rings is 2. The number of carbonyl (C=O) groups is 3. The van der Waals surface area contributed by atoms with E-state index in [1.54, 1.807) is 6.92 Å². The predicted molar refractivity (Wildman–Crippen MR) is 154 cm³/mol. The van der Waals surface area contributed by atoms with Crippen LogP contribution in [0.4, 0.5) is 0 Å². The zero-order chi connectivity index (χ0) is 32.2. The fourth-order valence-electron chi connectivity index (χ4n) is 6.95. The summed E-state index contributed by atoms with van der Waals surface area (Å²) in [6, 6.07) is 3.86. The first-order valence-electron chi connectivity index (χ1n) is 15.1. The lowest BCUT2D eigenvalue weighted by Crippen LogP contribution is -2.55. The molecule has 13 heteroatoms. The van der Waals surface area contributed by atoms with Crippen molar-refractivity contribution in [2.75, 3.05) is 20.3 Å². The molecule has 13 nitrogen and oxygen atoms in total. The number of nitrogens with two attached hydrogens (primary N) is 1. The van der Waals surface area contributed by atoms with Crippen molar-refractivity contribution < 1.29 is 58.5 Å². The number of rotatable bonds is 7. The Bertz CT molecular complexity index is 1520. The summed E-state index contributed by atoms with van der Waals surface area (Å²) >= 11 is 0. The van der Waals surface area contributed by atoms with Gasteiger partial charge in [-0.05, 0) is 32.3 Å².